The van der Waals surface area contributed by atoms with E-state index in [2.05, 4.69) is 24.3 Å². The molecule has 1 N–H and O–H groups in total. The van der Waals surface area contributed by atoms with Gasteiger partial charge in [-0.1, -0.05) is 35.9 Å². The monoisotopic (exact) mass is 304 g/mol. The van der Waals surface area contributed by atoms with E-state index in [-0.39, 0.29) is 6.10 Å². The van der Waals surface area contributed by atoms with Gasteiger partial charge in [0, 0.05) is 10.8 Å². The molecule has 20 heavy (non-hydrogen) atoms. The van der Waals surface area contributed by atoms with Crippen molar-refractivity contribution in [1.82, 2.24) is 0 Å². The van der Waals surface area contributed by atoms with E-state index in [1.165, 1.54) is 28.9 Å². The minimum Gasteiger partial charge on any atom is -0.387 e. The maximum atomic E-state index is 10.7. The summed E-state index contributed by atoms with van der Waals surface area (Å²) in [7, 11) is 0. The SMILES string of the molecule is Cc1cc(C(O)C2C3CCc4ccccc4C32)sc1Cl. The summed E-state index contributed by atoms with van der Waals surface area (Å²) >= 11 is 7.67. The van der Waals surface area contributed by atoms with Crippen molar-refractivity contribution < 1.29 is 5.11 Å². The van der Waals surface area contributed by atoms with E-state index in [0.29, 0.717) is 17.8 Å². The van der Waals surface area contributed by atoms with Gasteiger partial charge in [-0.05, 0) is 54.4 Å². The molecule has 2 aliphatic rings. The summed E-state index contributed by atoms with van der Waals surface area (Å²) < 4.78 is 0.808. The first kappa shape index (κ1) is 12.9. The number of thiophene rings is 1. The molecule has 1 heterocycles. The van der Waals surface area contributed by atoms with Crippen LogP contribution in [0.15, 0.2) is 30.3 Å². The Labute approximate surface area is 128 Å². The number of hydrogen-bond acceptors (Lipinski definition) is 2. The lowest BCUT2D eigenvalue weighted by molar-refractivity contribution is 0.148. The maximum Gasteiger partial charge on any atom is 0.0961 e. The summed E-state index contributed by atoms with van der Waals surface area (Å²) in [5, 5.41) is 10.7. The van der Waals surface area contributed by atoms with Gasteiger partial charge in [-0.15, -0.1) is 11.3 Å². The molecule has 0 bridgehead atoms. The normalized spacial score (nSPS) is 28.6. The summed E-state index contributed by atoms with van der Waals surface area (Å²) in [5.74, 6) is 1.59. The van der Waals surface area contributed by atoms with Crippen LogP contribution in [-0.4, -0.2) is 5.11 Å². The Hall–Kier alpha value is -0.830. The molecule has 1 nitrogen and oxygen atoms in total. The number of aryl methyl sites for hydroxylation is 2. The molecular weight excluding hydrogens is 288 g/mol. The van der Waals surface area contributed by atoms with Crippen LogP contribution in [0.2, 0.25) is 4.34 Å². The Morgan fingerprint density at radius 1 is 1.35 bits per heavy atom. The van der Waals surface area contributed by atoms with Crippen molar-refractivity contribution >= 4 is 22.9 Å². The second-order valence-electron chi connectivity index (χ2n) is 6.05. The Morgan fingerprint density at radius 2 is 2.15 bits per heavy atom. The Balaban J connectivity index is 1.63. The molecule has 0 spiro atoms. The van der Waals surface area contributed by atoms with Crippen LogP contribution in [0.25, 0.3) is 0 Å². The number of benzene rings is 1. The molecule has 4 rings (SSSR count). The van der Waals surface area contributed by atoms with Gasteiger partial charge in [-0.25, -0.2) is 0 Å². The quantitative estimate of drug-likeness (QED) is 0.851. The minimum atomic E-state index is -0.354. The van der Waals surface area contributed by atoms with Gasteiger partial charge in [0.25, 0.3) is 0 Å². The lowest BCUT2D eigenvalue weighted by atomic mass is 9.92. The summed E-state index contributed by atoms with van der Waals surface area (Å²) in [6.45, 7) is 2.00. The van der Waals surface area contributed by atoms with E-state index in [1.807, 2.05) is 13.0 Å². The first-order chi connectivity index (χ1) is 9.66. The first-order valence-corrected chi connectivity index (χ1v) is 8.38. The largest absolute Gasteiger partial charge is 0.387 e. The average Bonchev–Trinajstić information content (AvgIpc) is 3.11. The number of halogens is 1. The molecule has 1 fully saturated rings. The van der Waals surface area contributed by atoms with Gasteiger partial charge in [0.15, 0.2) is 0 Å². The zero-order valence-corrected chi connectivity index (χ0v) is 12.9. The van der Waals surface area contributed by atoms with Gasteiger partial charge < -0.3 is 5.11 Å². The molecule has 0 aliphatic heterocycles. The fourth-order valence-corrected chi connectivity index (χ4v) is 5.13. The van der Waals surface area contributed by atoms with Crippen LogP contribution < -0.4 is 0 Å². The number of hydrogen-bond donors (Lipinski definition) is 1. The lowest BCUT2D eigenvalue weighted by Gasteiger charge is -2.13. The van der Waals surface area contributed by atoms with Crippen molar-refractivity contribution in [3.8, 4) is 0 Å². The smallest absolute Gasteiger partial charge is 0.0961 e. The zero-order valence-electron chi connectivity index (χ0n) is 11.3. The topological polar surface area (TPSA) is 20.2 Å². The van der Waals surface area contributed by atoms with Gasteiger partial charge in [-0.3, -0.25) is 0 Å². The first-order valence-electron chi connectivity index (χ1n) is 7.18. The number of rotatable bonds is 2. The molecule has 1 aromatic heterocycles. The number of aliphatic hydroxyl groups excluding tert-OH is 1. The second-order valence-corrected chi connectivity index (χ2v) is 7.74. The van der Waals surface area contributed by atoms with Crippen LogP contribution in [0.4, 0.5) is 0 Å². The van der Waals surface area contributed by atoms with E-state index in [4.69, 9.17) is 11.6 Å². The highest BCUT2D eigenvalue weighted by Crippen LogP contribution is 2.64. The molecule has 3 heteroatoms. The second kappa shape index (κ2) is 4.59. The average molecular weight is 305 g/mol. The summed E-state index contributed by atoms with van der Waals surface area (Å²) in [6.07, 6.45) is 2.01. The van der Waals surface area contributed by atoms with Gasteiger partial charge in [-0.2, -0.15) is 0 Å². The van der Waals surface area contributed by atoms with Crippen molar-refractivity contribution in [2.45, 2.75) is 31.8 Å². The highest BCUT2D eigenvalue weighted by atomic mass is 35.5. The zero-order chi connectivity index (χ0) is 13.9. The van der Waals surface area contributed by atoms with E-state index in [1.54, 1.807) is 0 Å². The molecule has 2 aromatic rings. The number of aliphatic hydroxyl groups is 1. The van der Waals surface area contributed by atoms with Crippen molar-refractivity contribution in [3.63, 3.8) is 0 Å². The molecule has 0 saturated heterocycles. The Morgan fingerprint density at radius 3 is 2.90 bits per heavy atom. The van der Waals surface area contributed by atoms with E-state index >= 15 is 0 Å². The van der Waals surface area contributed by atoms with E-state index < -0.39 is 0 Å². The lowest BCUT2D eigenvalue weighted by Crippen LogP contribution is -2.00. The highest BCUT2D eigenvalue weighted by molar-refractivity contribution is 7.16. The van der Waals surface area contributed by atoms with Gasteiger partial charge >= 0.3 is 0 Å². The maximum absolute atomic E-state index is 10.7. The Kier molecular flexibility index (Phi) is 2.95. The molecular formula is C17H17ClOS. The van der Waals surface area contributed by atoms with Crippen LogP contribution in [0.1, 0.15) is 40.0 Å². The molecule has 4 atom stereocenters. The van der Waals surface area contributed by atoms with E-state index in [0.717, 1.165) is 21.2 Å². The Bertz CT molecular complexity index is 643. The van der Waals surface area contributed by atoms with Crippen molar-refractivity contribution in [2.24, 2.45) is 11.8 Å². The molecule has 2 aliphatic carbocycles. The molecule has 104 valence electrons. The standard InChI is InChI=1S/C17H17ClOS/c1-9-8-13(20-17(9)18)16(19)15-12-7-6-10-4-2-3-5-11(10)14(12)15/h2-5,8,12,14-16,19H,6-7H2,1H3. The molecule has 4 unspecified atom stereocenters. The van der Waals surface area contributed by atoms with Crippen molar-refractivity contribution in [2.75, 3.05) is 0 Å². The predicted octanol–water partition coefficient (Wildman–Crippen LogP) is 4.72. The van der Waals surface area contributed by atoms with Crippen LogP contribution in [0.3, 0.4) is 0 Å². The minimum absolute atomic E-state index is 0.354. The van der Waals surface area contributed by atoms with Gasteiger partial charge in [0.1, 0.15) is 0 Å². The summed E-state index contributed by atoms with van der Waals surface area (Å²) in [4.78, 5) is 1.03. The van der Waals surface area contributed by atoms with E-state index in [9.17, 15) is 5.11 Å². The third-order valence-electron chi connectivity index (χ3n) is 4.92. The fourth-order valence-electron chi connectivity index (χ4n) is 3.87. The number of fused-ring (bicyclic) bond motifs is 3. The third-order valence-corrected chi connectivity index (χ3v) is 6.55. The molecule has 1 aromatic carbocycles. The summed E-state index contributed by atoms with van der Waals surface area (Å²) in [5.41, 5.74) is 4.02. The van der Waals surface area contributed by atoms with Gasteiger partial charge in [0.2, 0.25) is 0 Å². The van der Waals surface area contributed by atoms with Crippen molar-refractivity contribution in [1.29, 1.82) is 0 Å². The highest BCUT2D eigenvalue weighted by Gasteiger charge is 2.56. The van der Waals surface area contributed by atoms with Crippen molar-refractivity contribution in [3.05, 3.63) is 56.2 Å². The van der Waals surface area contributed by atoms with Gasteiger partial charge in [0.05, 0.1) is 10.4 Å². The van der Waals surface area contributed by atoms with Crippen LogP contribution in [0, 0.1) is 18.8 Å². The molecule has 0 radical (unpaired) electrons. The fraction of sp³-hybridized carbons (Fsp3) is 0.412. The predicted molar refractivity (Wildman–Crippen MR) is 83.5 cm³/mol. The van der Waals surface area contributed by atoms with Crippen LogP contribution >= 0.6 is 22.9 Å². The van der Waals surface area contributed by atoms with Crippen LogP contribution in [0.5, 0.6) is 0 Å². The molecule has 1 saturated carbocycles. The molecule has 0 amide bonds. The van der Waals surface area contributed by atoms with Crippen LogP contribution in [-0.2, 0) is 6.42 Å². The summed E-state index contributed by atoms with van der Waals surface area (Å²) in [6, 6.07) is 10.8. The third kappa shape index (κ3) is 1.86.